The van der Waals surface area contributed by atoms with E-state index in [0.717, 1.165) is 23.1 Å². The molecule has 1 aliphatic heterocycles. The number of anilines is 1. The van der Waals surface area contributed by atoms with Crippen LogP contribution in [-0.4, -0.2) is 17.5 Å². The average Bonchev–Trinajstić information content (AvgIpc) is 2.48. The van der Waals surface area contributed by atoms with Gasteiger partial charge >= 0.3 is 6.03 Å². The first kappa shape index (κ1) is 13.2. The molecule has 0 atom stereocenters. The highest BCUT2D eigenvalue weighted by atomic mass is 79.9. The standard InChI is InChI=1S/C16H15BrN2O/c17-15-8-4-5-12-11-19(10-9-14(12)15)16(20)18-13-6-2-1-3-7-13/h1-8H,9-11H2,(H,18,20). The van der Waals surface area contributed by atoms with Gasteiger partial charge in [0.2, 0.25) is 0 Å². The SMILES string of the molecule is O=C(Nc1ccccc1)N1CCc2c(Br)cccc2C1. The molecule has 0 spiro atoms. The van der Waals surface area contributed by atoms with E-state index in [2.05, 4.69) is 33.4 Å². The monoisotopic (exact) mass is 330 g/mol. The Morgan fingerprint density at radius 1 is 1.10 bits per heavy atom. The smallest absolute Gasteiger partial charge is 0.320 e. The molecular weight excluding hydrogens is 316 g/mol. The summed E-state index contributed by atoms with van der Waals surface area (Å²) in [5.74, 6) is 0. The summed E-state index contributed by atoms with van der Waals surface area (Å²) in [5, 5.41) is 2.93. The number of carbonyl (C=O) groups is 1. The maximum absolute atomic E-state index is 12.3. The Labute approximate surface area is 126 Å². The lowest BCUT2D eigenvalue weighted by atomic mass is 10.0. The summed E-state index contributed by atoms with van der Waals surface area (Å²) in [5.41, 5.74) is 3.36. The molecule has 1 aliphatic rings. The topological polar surface area (TPSA) is 32.3 Å². The Hall–Kier alpha value is -1.81. The lowest BCUT2D eigenvalue weighted by Crippen LogP contribution is -2.38. The van der Waals surface area contributed by atoms with Crippen LogP contribution in [0.5, 0.6) is 0 Å². The zero-order chi connectivity index (χ0) is 13.9. The predicted molar refractivity (Wildman–Crippen MR) is 83.7 cm³/mol. The molecule has 0 bridgehead atoms. The van der Waals surface area contributed by atoms with Crippen LogP contribution in [0.1, 0.15) is 11.1 Å². The van der Waals surface area contributed by atoms with Gasteiger partial charge in [0.15, 0.2) is 0 Å². The Morgan fingerprint density at radius 3 is 2.70 bits per heavy atom. The van der Waals surface area contributed by atoms with Crippen molar-refractivity contribution in [2.75, 3.05) is 11.9 Å². The highest BCUT2D eigenvalue weighted by Gasteiger charge is 2.21. The Bertz CT molecular complexity index is 628. The molecule has 0 aliphatic carbocycles. The highest BCUT2D eigenvalue weighted by molar-refractivity contribution is 9.10. The van der Waals surface area contributed by atoms with Gasteiger partial charge in [0.05, 0.1) is 0 Å². The molecule has 1 N–H and O–H groups in total. The third-order valence-corrected chi connectivity index (χ3v) is 4.26. The molecule has 0 saturated heterocycles. The van der Waals surface area contributed by atoms with Gasteiger partial charge in [0.25, 0.3) is 0 Å². The number of rotatable bonds is 1. The Morgan fingerprint density at radius 2 is 1.90 bits per heavy atom. The fraction of sp³-hybridized carbons (Fsp3) is 0.188. The van der Waals surface area contributed by atoms with Crippen molar-refractivity contribution in [2.24, 2.45) is 0 Å². The fourth-order valence-electron chi connectivity index (χ4n) is 2.46. The van der Waals surface area contributed by atoms with Crippen LogP contribution in [0.4, 0.5) is 10.5 Å². The second-order valence-electron chi connectivity index (χ2n) is 4.85. The van der Waals surface area contributed by atoms with Crippen LogP contribution < -0.4 is 5.32 Å². The van der Waals surface area contributed by atoms with Crippen LogP contribution in [0.25, 0.3) is 0 Å². The molecule has 0 unspecified atom stereocenters. The number of carbonyl (C=O) groups excluding carboxylic acids is 1. The third-order valence-electron chi connectivity index (χ3n) is 3.52. The molecule has 1 heterocycles. The summed E-state index contributed by atoms with van der Waals surface area (Å²) < 4.78 is 1.14. The molecule has 2 amide bonds. The summed E-state index contributed by atoms with van der Waals surface area (Å²) >= 11 is 3.57. The van der Waals surface area contributed by atoms with E-state index in [1.54, 1.807) is 0 Å². The second-order valence-corrected chi connectivity index (χ2v) is 5.70. The molecule has 0 fully saturated rings. The number of nitrogens with zero attached hydrogens (tertiary/aromatic N) is 1. The first-order valence-corrected chi connectivity index (χ1v) is 7.40. The van der Waals surface area contributed by atoms with Crippen LogP contribution in [0.15, 0.2) is 53.0 Å². The van der Waals surface area contributed by atoms with Crippen molar-refractivity contribution in [1.82, 2.24) is 4.90 Å². The minimum atomic E-state index is -0.0400. The van der Waals surface area contributed by atoms with E-state index < -0.39 is 0 Å². The van der Waals surface area contributed by atoms with E-state index in [-0.39, 0.29) is 6.03 Å². The number of halogens is 1. The van der Waals surface area contributed by atoms with Crippen molar-refractivity contribution in [1.29, 1.82) is 0 Å². The Kier molecular flexibility index (Phi) is 3.74. The van der Waals surface area contributed by atoms with E-state index in [9.17, 15) is 4.79 Å². The van der Waals surface area contributed by atoms with Gasteiger partial charge in [0.1, 0.15) is 0 Å². The highest BCUT2D eigenvalue weighted by Crippen LogP contribution is 2.26. The molecule has 3 nitrogen and oxygen atoms in total. The second kappa shape index (κ2) is 5.67. The van der Waals surface area contributed by atoms with Gasteiger partial charge in [-0.15, -0.1) is 0 Å². The molecule has 20 heavy (non-hydrogen) atoms. The number of nitrogens with one attached hydrogen (secondary N) is 1. The van der Waals surface area contributed by atoms with Crippen molar-refractivity contribution in [3.8, 4) is 0 Å². The summed E-state index contributed by atoms with van der Waals surface area (Å²) in [7, 11) is 0. The van der Waals surface area contributed by atoms with Crippen molar-refractivity contribution in [2.45, 2.75) is 13.0 Å². The number of benzene rings is 2. The number of amides is 2. The quantitative estimate of drug-likeness (QED) is 0.840. The van der Waals surface area contributed by atoms with Gasteiger partial charge in [-0.3, -0.25) is 0 Å². The average molecular weight is 331 g/mol. The van der Waals surface area contributed by atoms with Crippen molar-refractivity contribution in [3.63, 3.8) is 0 Å². The fourth-order valence-corrected chi connectivity index (χ4v) is 3.07. The molecule has 4 heteroatoms. The number of hydrogen-bond acceptors (Lipinski definition) is 1. The summed E-state index contributed by atoms with van der Waals surface area (Å²) in [4.78, 5) is 14.1. The molecule has 0 aromatic heterocycles. The van der Waals surface area contributed by atoms with Crippen LogP contribution >= 0.6 is 15.9 Å². The molecule has 2 aromatic rings. The molecular formula is C16H15BrN2O. The van der Waals surface area contributed by atoms with Gasteiger partial charge in [0, 0.05) is 23.2 Å². The molecule has 102 valence electrons. The lowest BCUT2D eigenvalue weighted by molar-refractivity contribution is 0.206. The van der Waals surface area contributed by atoms with Gasteiger partial charge in [-0.2, -0.15) is 0 Å². The number of urea groups is 1. The van der Waals surface area contributed by atoms with Crippen molar-refractivity contribution >= 4 is 27.6 Å². The maximum atomic E-state index is 12.3. The van der Waals surface area contributed by atoms with E-state index in [0.29, 0.717) is 6.54 Å². The zero-order valence-electron chi connectivity index (χ0n) is 11.0. The minimum absolute atomic E-state index is 0.0400. The Balaban J connectivity index is 1.72. The van der Waals surface area contributed by atoms with Crippen molar-refractivity contribution < 1.29 is 4.79 Å². The largest absolute Gasteiger partial charge is 0.322 e. The number of para-hydroxylation sites is 1. The first-order chi connectivity index (χ1) is 9.74. The van der Waals surface area contributed by atoms with E-state index in [1.165, 1.54) is 11.1 Å². The molecule has 3 rings (SSSR count). The zero-order valence-corrected chi connectivity index (χ0v) is 12.6. The van der Waals surface area contributed by atoms with Crippen LogP contribution in [0, 0.1) is 0 Å². The third kappa shape index (κ3) is 2.70. The van der Waals surface area contributed by atoms with E-state index in [1.807, 2.05) is 41.3 Å². The normalized spacial score (nSPS) is 13.8. The molecule has 0 radical (unpaired) electrons. The summed E-state index contributed by atoms with van der Waals surface area (Å²) in [6, 6.07) is 15.7. The minimum Gasteiger partial charge on any atom is -0.320 e. The molecule has 2 aromatic carbocycles. The van der Waals surface area contributed by atoms with E-state index in [4.69, 9.17) is 0 Å². The maximum Gasteiger partial charge on any atom is 0.322 e. The van der Waals surface area contributed by atoms with Crippen LogP contribution in [0.3, 0.4) is 0 Å². The lowest BCUT2D eigenvalue weighted by Gasteiger charge is -2.29. The van der Waals surface area contributed by atoms with Crippen LogP contribution in [0.2, 0.25) is 0 Å². The first-order valence-electron chi connectivity index (χ1n) is 6.61. The number of hydrogen-bond donors (Lipinski definition) is 1. The molecule has 0 saturated carbocycles. The van der Waals surface area contributed by atoms with Crippen molar-refractivity contribution in [3.05, 3.63) is 64.1 Å². The van der Waals surface area contributed by atoms with Crippen LogP contribution in [-0.2, 0) is 13.0 Å². The van der Waals surface area contributed by atoms with Gasteiger partial charge in [-0.25, -0.2) is 4.79 Å². The van der Waals surface area contributed by atoms with Gasteiger partial charge in [-0.05, 0) is 35.7 Å². The van der Waals surface area contributed by atoms with E-state index >= 15 is 0 Å². The number of fused-ring (bicyclic) bond motifs is 1. The van der Waals surface area contributed by atoms with Gasteiger partial charge in [-0.1, -0.05) is 46.3 Å². The summed E-state index contributed by atoms with van der Waals surface area (Å²) in [6.45, 7) is 1.40. The predicted octanol–water partition coefficient (Wildman–Crippen LogP) is 4.04. The summed E-state index contributed by atoms with van der Waals surface area (Å²) in [6.07, 6.45) is 0.888. The van der Waals surface area contributed by atoms with Gasteiger partial charge < -0.3 is 10.2 Å².